The fourth-order valence-electron chi connectivity index (χ4n) is 2.68. The highest BCUT2D eigenvalue weighted by Gasteiger charge is 2.23. The molecule has 0 saturated carbocycles. The van der Waals surface area contributed by atoms with Crippen LogP contribution in [0.3, 0.4) is 0 Å². The summed E-state index contributed by atoms with van der Waals surface area (Å²) in [5, 5.41) is 3.37. The van der Waals surface area contributed by atoms with Gasteiger partial charge in [0, 0.05) is 18.6 Å². The van der Waals surface area contributed by atoms with Crippen LogP contribution < -0.4 is 5.32 Å². The van der Waals surface area contributed by atoms with Crippen LogP contribution in [0.1, 0.15) is 32.3 Å². The van der Waals surface area contributed by atoms with Gasteiger partial charge in [-0.05, 0) is 50.9 Å². The fraction of sp³-hybridized carbons (Fsp3) is 0.562. The predicted octanol–water partition coefficient (Wildman–Crippen LogP) is 2.50. The SMILES string of the molecule is CC(C)N(CC1CCCN1)C(=O)Cc1ccc(F)c(F)c1. The Morgan fingerprint density at radius 3 is 2.71 bits per heavy atom. The van der Waals surface area contributed by atoms with Gasteiger partial charge in [-0.25, -0.2) is 8.78 Å². The monoisotopic (exact) mass is 296 g/mol. The average molecular weight is 296 g/mol. The van der Waals surface area contributed by atoms with Crippen molar-refractivity contribution in [2.24, 2.45) is 0 Å². The van der Waals surface area contributed by atoms with E-state index in [9.17, 15) is 13.6 Å². The Balaban J connectivity index is 2.01. The third-order valence-corrected chi connectivity index (χ3v) is 3.86. The van der Waals surface area contributed by atoms with Gasteiger partial charge >= 0.3 is 0 Å². The first kappa shape index (κ1) is 15.9. The molecule has 1 unspecified atom stereocenters. The molecule has 1 aliphatic rings. The van der Waals surface area contributed by atoms with Crippen LogP contribution in [0.2, 0.25) is 0 Å². The summed E-state index contributed by atoms with van der Waals surface area (Å²) in [4.78, 5) is 14.2. The normalized spacial score (nSPS) is 18.2. The minimum absolute atomic E-state index is 0.0512. The van der Waals surface area contributed by atoms with Crippen LogP contribution >= 0.6 is 0 Å². The molecule has 1 aliphatic heterocycles. The van der Waals surface area contributed by atoms with E-state index >= 15 is 0 Å². The summed E-state index contributed by atoms with van der Waals surface area (Å²) in [6, 6.07) is 4.05. The van der Waals surface area contributed by atoms with Crippen LogP contribution in [0.15, 0.2) is 18.2 Å². The zero-order chi connectivity index (χ0) is 15.4. The first-order chi connectivity index (χ1) is 9.97. The quantitative estimate of drug-likeness (QED) is 0.905. The van der Waals surface area contributed by atoms with Gasteiger partial charge in [0.1, 0.15) is 0 Å². The molecule has 0 radical (unpaired) electrons. The molecular formula is C16H22F2N2O. The van der Waals surface area contributed by atoms with Gasteiger partial charge in [0.25, 0.3) is 0 Å². The number of carbonyl (C=O) groups excluding carboxylic acids is 1. The number of nitrogens with one attached hydrogen (secondary N) is 1. The number of rotatable bonds is 5. The second-order valence-corrected chi connectivity index (χ2v) is 5.86. The Kier molecular flexibility index (Phi) is 5.28. The van der Waals surface area contributed by atoms with Crippen LogP contribution in [-0.2, 0) is 11.2 Å². The molecule has 21 heavy (non-hydrogen) atoms. The molecule has 1 aromatic rings. The van der Waals surface area contributed by atoms with Gasteiger partial charge in [-0.15, -0.1) is 0 Å². The lowest BCUT2D eigenvalue weighted by Gasteiger charge is -2.29. The molecular weight excluding hydrogens is 274 g/mol. The Morgan fingerprint density at radius 1 is 1.38 bits per heavy atom. The van der Waals surface area contributed by atoms with E-state index < -0.39 is 11.6 Å². The molecule has 116 valence electrons. The summed E-state index contributed by atoms with van der Waals surface area (Å²) in [5.41, 5.74) is 0.504. The van der Waals surface area contributed by atoms with E-state index in [-0.39, 0.29) is 18.4 Å². The van der Waals surface area contributed by atoms with Crippen molar-refractivity contribution in [2.45, 2.75) is 45.2 Å². The first-order valence-corrected chi connectivity index (χ1v) is 7.44. The molecule has 1 atom stereocenters. The van der Waals surface area contributed by atoms with Gasteiger partial charge in [0.05, 0.1) is 6.42 Å². The summed E-state index contributed by atoms with van der Waals surface area (Å²) in [6.45, 7) is 5.60. The summed E-state index contributed by atoms with van der Waals surface area (Å²) in [7, 11) is 0. The fourth-order valence-corrected chi connectivity index (χ4v) is 2.68. The van der Waals surface area contributed by atoms with Gasteiger partial charge in [-0.1, -0.05) is 6.07 Å². The van der Waals surface area contributed by atoms with E-state index in [1.807, 2.05) is 18.7 Å². The molecule has 1 amide bonds. The second-order valence-electron chi connectivity index (χ2n) is 5.86. The Morgan fingerprint density at radius 2 is 2.14 bits per heavy atom. The highest BCUT2D eigenvalue weighted by molar-refractivity contribution is 5.79. The number of hydrogen-bond donors (Lipinski definition) is 1. The van der Waals surface area contributed by atoms with Gasteiger partial charge in [-0.3, -0.25) is 4.79 Å². The highest BCUT2D eigenvalue weighted by Crippen LogP contribution is 2.14. The molecule has 1 N–H and O–H groups in total. The largest absolute Gasteiger partial charge is 0.338 e. The number of benzene rings is 1. The maximum Gasteiger partial charge on any atom is 0.227 e. The smallest absolute Gasteiger partial charge is 0.227 e. The van der Waals surface area contributed by atoms with E-state index in [1.54, 1.807) is 0 Å². The van der Waals surface area contributed by atoms with Crippen molar-refractivity contribution in [1.29, 1.82) is 0 Å². The highest BCUT2D eigenvalue weighted by atomic mass is 19.2. The van der Waals surface area contributed by atoms with Crippen molar-refractivity contribution in [3.05, 3.63) is 35.4 Å². The van der Waals surface area contributed by atoms with Crippen LogP contribution in [0, 0.1) is 11.6 Å². The molecule has 1 heterocycles. The van der Waals surface area contributed by atoms with Crippen LogP contribution in [0.4, 0.5) is 8.78 Å². The molecule has 1 fully saturated rings. The Hall–Kier alpha value is -1.49. The number of amides is 1. The van der Waals surface area contributed by atoms with E-state index in [1.165, 1.54) is 6.07 Å². The Labute approximate surface area is 124 Å². The summed E-state index contributed by atoms with van der Waals surface area (Å²) in [5.74, 6) is -1.85. The van der Waals surface area contributed by atoms with E-state index in [0.29, 0.717) is 18.2 Å². The lowest BCUT2D eigenvalue weighted by atomic mass is 10.1. The van der Waals surface area contributed by atoms with Gasteiger partial charge in [-0.2, -0.15) is 0 Å². The standard InChI is InChI=1S/C16H22F2N2O/c1-11(2)20(10-13-4-3-7-19-13)16(21)9-12-5-6-14(17)15(18)8-12/h5-6,8,11,13,19H,3-4,7,9-10H2,1-2H3. The maximum absolute atomic E-state index is 13.2. The van der Waals surface area contributed by atoms with Gasteiger partial charge in [0.15, 0.2) is 11.6 Å². The third kappa shape index (κ3) is 4.24. The molecule has 2 rings (SSSR count). The predicted molar refractivity (Wildman–Crippen MR) is 77.9 cm³/mol. The molecule has 0 spiro atoms. The topological polar surface area (TPSA) is 32.3 Å². The average Bonchev–Trinajstić information content (AvgIpc) is 2.93. The van der Waals surface area contributed by atoms with E-state index in [2.05, 4.69) is 5.32 Å². The van der Waals surface area contributed by atoms with Crippen molar-refractivity contribution in [3.63, 3.8) is 0 Å². The molecule has 0 aromatic heterocycles. The molecule has 0 aliphatic carbocycles. The summed E-state index contributed by atoms with van der Waals surface area (Å²) >= 11 is 0. The van der Waals surface area contributed by atoms with Crippen LogP contribution in [0.25, 0.3) is 0 Å². The van der Waals surface area contributed by atoms with E-state index in [4.69, 9.17) is 0 Å². The van der Waals surface area contributed by atoms with Crippen LogP contribution in [-0.4, -0.2) is 36.0 Å². The minimum Gasteiger partial charge on any atom is -0.338 e. The number of hydrogen-bond acceptors (Lipinski definition) is 2. The van der Waals surface area contributed by atoms with Gasteiger partial charge in [0.2, 0.25) is 5.91 Å². The number of nitrogens with zero attached hydrogens (tertiary/aromatic N) is 1. The second kappa shape index (κ2) is 6.98. The molecule has 5 heteroatoms. The van der Waals surface area contributed by atoms with E-state index in [0.717, 1.165) is 31.5 Å². The lowest BCUT2D eigenvalue weighted by Crippen LogP contribution is -2.45. The molecule has 1 saturated heterocycles. The molecule has 0 bridgehead atoms. The third-order valence-electron chi connectivity index (χ3n) is 3.86. The lowest BCUT2D eigenvalue weighted by molar-refractivity contribution is -0.132. The number of halogens is 2. The van der Waals surface area contributed by atoms with Crippen molar-refractivity contribution in [3.8, 4) is 0 Å². The summed E-state index contributed by atoms with van der Waals surface area (Å²) in [6.07, 6.45) is 2.30. The molecule has 1 aromatic carbocycles. The number of carbonyl (C=O) groups is 1. The molecule has 3 nitrogen and oxygen atoms in total. The summed E-state index contributed by atoms with van der Waals surface area (Å²) < 4.78 is 26.1. The zero-order valence-corrected chi connectivity index (χ0v) is 12.5. The van der Waals surface area contributed by atoms with Gasteiger partial charge < -0.3 is 10.2 Å². The first-order valence-electron chi connectivity index (χ1n) is 7.44. The van der Waals surface area contributed by atoms with Crippen molar-refractivity contribution in [2.75, 3.05) is 13.1 Å². The Bertz CT molecular complexity index is 499. The van der Waals surface area contributed by atoms with Crippen molar-refractivity contribution < 1.29 is 13.6 Å². The zero-order valence-electron chi connectivity index (χ0n) is 12.5. The maximum atomic E-state index is 13.2. The van der Waals surface area contributed by atoms with Crippen molar-refractivity contribution in [1.82, 2.24) is 10.2 Å². The van der Waals surface area contributed by atoms with Crippen LogP contribution in [0.5, 0.6) is 0 Å². The minimum atomic E-state index is -0.908. The van der Waals surface area contributed by atoms with Crippen molar-refractivity contribution >= 4 is 5.91 Å².